The fourth-order valence-corrected chi connectivity index (χ4v) is 2.07. The van der Waals surface area contributed by atoms with Gasteiger partial charge in [-0.3, -0.25) is 4.79 Å². The number of rotatable bonds is 4. The van der Waals surface area contributed by atoms with E-state index in [-0.39, 0.29) is 5.91 Å². The van der Waals surface area contributed by atoms with E-state index in [0.717, 1.165) is 16.9 Å². The molecule has 3 heterocycles. The third-order valence-electron chi connectivity index (χ3n) is 3.11. The molecule has 106 valence electrons. The van der Waals surface area contributed by atoms with Gasteiger partial charge >= 0.3 is 0 Å². The maximum atomic E-state index is 11.7. The van der Waals surface area contributed by atoms with Crippen LogP contribution in [0.2, 0.25) is 0 Å². The lowest BCUT2D eigenvalue weighted by atomic mass is 10.3. The van der Waals surface area contributed by atoms with Crippen molar-refractivity contribution >= 4 is 17.6 Å². The molecule has 0 atom stereocenters. The maximum Gasteiger partial charge on any atom is 0.244 e. The number of carbonyl (C=O) groups excluding carboxylic acids is 1. The minimum Gasteiger partial charge on any atom is -0.465 e. The molecule has 0 saturated carbocycles. The molecule has 0 aliphatic rings. The molecule has 0 aliphatic carbocycles. The largest absolute Gasteiger partial charge is 0.465 e. The summed E-state index contributed by atoms with van der Waals surface area (Å²) >= 11 is 0. The molecule has 1 amide bonds. The van der Waals surface area contributed by atoms with E-state index >= 15 is 0 Å². The van der Waals surface area contributed by atoms with Crippen molar-refractivity contribution in [1.82, 2.24) is 14.7 Å². The van der Waals surface area contributed by atoms with Crippen LogP contribution in [0.25, 0.3) is 11.7 Å². The summed E-state index contributed by atoms with van der Waals surface area (Å²) in [6, 6.07) is 7.54. The number of nitrogens with one attached hydrogen (secondary N) is 1. The predicted octanol–water partition coefficient (Wildman–Crippen LogP) is 2.57. The van der Waals surface area contributed by atoms with E-state index in [9.17, 15) is 4.79 Å². The summed E-state index contributed by atoms with van der Waals surface area (Å²) in [5.74, 6) is 0.466. The van der Waals surface area contributed by atoms with Gasteiger partial charge < -0.3 is 14.1 Å². The monoisotopic (exact) mass is 281 g/mol. The van der Waals surface area contributed by atoms with Crippen LogP contribution in [0.4, 0.5) is 0 Å². The third-order valence-corrected chi connectivity index (χ3v) is 3.11. The quantitative estimate of drug-likeness (QED) is 0.748. The van der Waals surface area contributed by atoms with Crippen molar-refractivity contribution in [2.24, 2.45) is 0 Å². The summed E-state index contributed by atoms with van der Waals surface area (Å²) in [4.78, 5) is 16.2. The van der Waals surface area contributed by atoms with Crippen molar-refractivity contribution in [3.8, 4) is 0 Å². The van der Waals surface area contributed by atoms with Gasteiger partial charge in [-0.2, -0.15) is 0 Å². The molecule has 0 fully saturated rings. The summed E-state index contributed by atoms with van der Waals surface area (Å²) in [6.45, 7) is 2.40. The first kappa shape index (κ1) is 13.2. The average molecular weight is 281 g/mol. The lowest BCUT2D eigenvalue weighted by Gasteiger charge is -1.97. The van der Waals surface area contributed by atoms with Crippen LogP contribution in [0, 0.1) is 6.92 Å². The van der Waals surface area contributed by atoms with Crippen LogP contribution in [0.3, 0.4) is 0 Å². The molecule has 3 aromatic heterocycles. The molecule has 0 unspecified atom stereocenters. The van der Waals surface area contributed by atoms with E-state index in [0.29, 0.717) is 12.3 Å². The summed E-state index contributed by atoms with van der Waals surface area (Å²) in [5, 5.41) is 2.80. The first-order valence-corrected chi connectivity index (χ1v) is 6.65. The van der Waals surface area contributed by atoms with Gasteiger partial charge in [0.1, 0.15) is 11.4 Å². The average Bonchev–Trinajstić information content (AvgIpc) is 3.12. The Morgan fingerprint density at radius 2 is 2.33 bits per heavy atom. The van der Waals surface area contributed by atoms with Gasteiger partial charge in [-0.15, -0.1) is 0 Å². The second-order valence-electron chi connectivity index (χ2n) is 4.72. The Kier molecular flexibility index (Phi) is 3.55. The maximum absolute atomic E-state index is 11.7. The third kappa shape index (κ3) is 3.02. The van der Waals surface area contributed by atoms with Gasteiger partial charge in [0, 0.05) is 18.5 Å². The lowest BCUT2D eigenvalue weighted by molar-refractivity contribution is -0.116. The highest BCUT2D eigenvalue weighted by molar-refractivity contribution is 5.91. The van der Waals surface area contributed by atoms with Crippen LogP contribution in [-0.2, 0) is 11.3 Å². The van der Waals surface area contributed by atoms with Crippen molar-refractivity contribution < 1.29 is 9.21 Å². The molecule has 0 saturated heterocycles. The predicted molar refractivity (Wildman–Crippen MR) is 79.5 cm³/mol. The Balaban J connectivity index is 1.63. The standard InChI is InChI=1S/C16H15N3O2/c1-12-4-2-8-19-11-13(18-16(12)19)10-17-15(20)7-6-14-5-3-9-21-14/h2-9,11H,10H2,1H3,(H,17,20)/b7-6+. The SMILES string of the molecule is Cc1cccn2cc(CNC(=O)/C=C/c3ccco3)nc12. The van der Waals surface area contributed by atoms with Crippen molar-refractivity contribution in [2.45, 2.75) is 13.5 Å². The fourth-order valence-electron chi connectivity index (χ4n) is 2.07. The smallest absolute Gasteiger partial charge is 0.244 e. The lowest BCUT2D eigenvalue weighted by Crippen LogP contribution is -2.20. The van der Waals surface area contributed by atoms with Gasteiger partial charge in [0.05, 0.1) is 18.5 Å². The second kappa shape index (κ2) is 5.66. The van der Waals surface area contributed by atoms with E-state index < -0.39 is 0 Å². The Morgan fingerprint density at radius 3 is 3.10 bits per heavy atom. The number of fused-ring (bicyclic) bond motifs is 1. The second-order valence-corrected chi connectivity index (χ2v) is 4.72. The molecule has 3 aromatic rings. The normalized spacial score (nSPS) is 11.3. The number of pyridine rings is 1. The number of amides is 1. The molecule has 0 radical (unpaired) electrons. The van der Waals surface area contributed by atoms with Crippen molar-refractivity contribution in [3.05, 3.63) is 66.0 Å². The highest BCUT2D eigenvalue weighted by Crippen LogP contribution is 2.09. The van der Waals surface area contributed by atoms with Crippen molar-refractivity contribution in [2.75, 3.05) is 0 Å². The van der Waals surface area contributed by atoms with Crippen LogP contribution >= 0.6 is 0 Å². The van der Waals surface area contributed by atoms with Gasteiger partial charge in [0.25, 0.3) is 0 Å². The molecular formula is C16H15N3O2. The summed E-state index contributed by atoms with van der Waals surface area (Å²) in [7, 11) is 0. The molecule has 3 rings (SSSR count). The number of furan rings is 1. The van der Waals surface area contributed by atoms with Crippen LogP contribution in [0.1, 0.15) is 17.0 Å². The number of aromatic nitrogens is 2. The molecule has 1 N–H and O–H groups in total. The highest BCUT2D eigenvalue weighted by atomic mass is 16.3. The van der Waals surface area contributed by atoms with Crippen LogP contribution < -0.4 is 5.32 Å². The fraction of sp³-hybridized carbons (Fsp3) is 0.125. The summed E-state index contributed by atoms with van der Waals surface area (Å²) < 4.78 is 7.07. The molecule has 0 spiro atoms. The van der Waals surface area contributed by atoms with E-state index in [1.165, 1.54) is 6.08 Å². The number of carbonyl (C=O) groups is 1. The molecular weight excluding hydrogens is 266 g/mol. The van der Waals surface area contributed by atoms with Crippen molar-refractivity contribution in [3.63, 3.8) is 0 Å². The van der Waals surface area contributed by atoms with E-state index in [1.807, 2.05) is 35.9 Å². The van der Waals surface area contributed by atoms with Crippen LogP contribution in [0.15, 0.2) is 53.4 Å². The highest BCUT2D eigenvalue weighted by Gasteiger charge is 2.04. The van der Waals surface area contributed by atoms with Crippen molar-refractivity contribution in [1.29, 1.82) is 0 Å². The molecule has 0 aromatic carbocycles. The van der Waals surface area contributed by atoms with Gasteiger partial charge in [0.15, 0.2) is 0 Å². The van der Waals surface area contributed by atoms with Gasteiger partial charge in [-0.25, -0.2) is 4.98 Å². The van der Waals surface area contributed by atoms with Gasteiger partial charge in [0.2, 0.25) is 5.91 Å². The molecule has 21 heavy (non-hydrogen) atoms. The first-order chi connectivity index (χ1) is 10.2. The Hall–Kier alpha value is -2.82. The minimum absolute atomic E-state index is 0.180. The van der Waals surface area contributed by atoms with E-state index in [4.69, 9.17) is 4.42 Å². The Morgan fingerprint density at radius 1 is 1.43 bits per heavy atom. The zero-order valence-corrected chi connectivity index (χ0v) is 11.6. The Labute approximate surface area is 121 Å². The number of aryl methyl sites for hydroxylation is 1. The number of imidazole rings is 1. The molecule has 5 heteroatoms. The summed E-state index contributed by atoms with van der Waals surface area (Å²) in [6.07, 6.45) is 8.50. The van der Waals surface area contributed by atoms with E-state index in [2.05, 4.69) is 10.3 Å². The van der Waals surface area contributed by atoms with Gasteiger partial charge in [-0.05, 0) is 36.8 Å². The van der Waals surface area contributed by atoms with Crippen LogP contribution in [0.5, 0.6) is 0 Å². The number of hydrogen-bond donors (Lipinski definition) is 1. The number of nitrogens with zero attached hydrogens (tertiary/aromatic N) is 2. The molecule has 5 nitrogen and oxygen atoms in total. The van der Waals surface area contributed by atoms with E-state index in [1.54, 1.807) is 24.5 Å². The number of hydrogen-bond acceptors (Lipinski definition) is 3. The summed E-state index contributed by atoms with van der Waals surface area (Å²) in [5.41, 5.74) is 2.84. The molecule has 0 bridgehead atoms. The first-order valence-electron chi connectivity index (χ1n) is 6.65. The van der Waals surface area contributed by atoms with Gasteiger partial charge in [-0.1, -0.05) is 6.07 Å². The topological polar surface area (TPSA) is 59.5 Å². The zero-order chi connectivity index (χ0) is 14.7. The Bertz CT molecular complexity index is 785. The minimum atomic E-state index is -0.180. The molecule has 0 aliphatic heterocycles. The van der Waals surface area contributed by atoms with Crippen LogP contribution in [-0.4, -0.2) is 15.3 Å². The zero-order valence-electron chi connectivity index (χ0n) is 11.6.